The van der Waals surface area contributed by atoms with Crippen LogP contribution in [0.3, 0.4) is 0 Å². The smallest absolute Gasteiger partial charge is 0.406 e. The summed E-state index contributed by atoms with van der Waals surface area (Å²) in [6.07, 6.45) is -4.31. The number of hydrogen-bond donors (Lipinski definition) is 1. The van der Waals surface area contributed by atoms with Crippen LogP contribution in [0.1, 0.15) is 6.92 Å². The van der Waals surface area contributed by atoms with Gasteiger partial charge in [0.25, 0.3) is 0 Å². The molecule has 102 valence electrons. The maximum atomic E-state index is 12.3. The third-order valence-electron chi connectivity index (χ3n) is 1.74. The molecule has 0 aliphatic heterocycles. The molecule has 0 radical (unpaired) electrons. The quantitative estimate of drug-likeness (QED) is 0.812. The van der Waals surface area contributed by atoms with Gasteiger partial charge in [-0.05, 0) is 6.92 Å². The molecule has 0 saturated carbocycles. The molecule has 1 rings (SSSR count). The lowest BCUT2D eigenvalue weighted by molar-refractivity contribution is -0.134. The summed E-state index contributed by atoms with van der Waals surface area (Å²) in [5, 5.41) is 15.9. The van der Waals surface area contributed by atoms with Crippen LogP contribution in [-0.4, -0.2) is 46.3 Å². The Hall–Kier alpha value is -1.03. The lowest BCUT2D eigenvalue weighted by atomic mass is 10.5. The van der Waals surface area contributed by atoms with Gasteiger partial charge in [-0.15, -0.1) is 10.2 Å². The Morgan fingerprint density at radius 3 is 2.67 bits per heavy atom. The van der Waals surface area contributed by atoms with Gasteiger partial charge < -0.3 is 10.0 Å². The predicted molar refractivity (Wildman–Crippen MR) is 62.2 cm³/mol. The molecule has 0 unspecified atom stereocenters. The Morgan fingerprint density at radius 2 is 2.17 bits per heavy atom. The second kappa shape index (κ2) is 6.23. The van der Waals surface area contributed by atoms with E-state index in [4.69, 9.17) is 5.11 Å². The number of halogens is 3. The maximum absolute atomic E-state index is 12.3. The van der Waals surface area contributed by atoms with Gasteiger partial charge in [-0.1, -0.05) is 23.1 Å². The number of carboxylic acids is 1. The van der Waals surface area contributed by atoms with Crippen molar-refractivity contribution in [1.82, 2.24) is 10.2 Å². The van der Waals surface area contributed by atoms with Crippen LogP contribution in [0, 0.1) is 0 Å². The van der Waals surface area contributed by atoms with Crippen LogP contribution >= 0.6 is 23.1 Å². The first-order valence-corrected chi connectivity index (χ1v) is 6.62. The van der Waals surface area contributed by atoms with Crippen molar-refractivity contribution in [2.75, 3.05) is 23.7 Å². The van der Waals surface area contributed by atoms with Crippen LogP contribution in [0.5, 0.6) is 0 Å². The molecule has 0 aliphatic carbocycles. The van der Waals surface area contributed by atoms with E-state index in [9.17, 15) is 18.0 Å². The number of carboxylic acid groups (broad SMARTS) is 1. The van der Waals surface area contributed by atoms with Crippen molar-refractivity contribution in [2.45, 2.75) is 17.4 Å². The highest BCUT2D eigenvalue weighted by Gasteiger charge is 2.31. The summed E-state index contributed by atoms with van der Waals surface area (Å²) < 4.78 is 37.2. The minimum Gasteiger partial charge on any atom is -0.481 e. The molecule has 1 aromatic rings. The standard InChI is InChI=1S/C8H10F3N3O2S2/c1-2-14(4-8(9,10)11)6-12-13-7(18-6)17-3-5(15)16/h2-4H2,1H3,(H,15,16). The third kappa shape index (κ3) is 5.08. The van der Waals surface area contributed by atoms with Crippen molar-refractivity contribution in [3.8, 4) is 0 Å². The first kappa shape index (κ1) is 15.0. The van der Waals surface area contributed by atoms with E-state index in [1.165, 1.54) is 0 Å². The zero-order valence-electron chi connectivity index (χ0n) is 9.27. The van der Waals surface area contributed by atoms with Gasteiger partial charge in [-0.3, -0.25) is 4.79 Å². The Kier molecular flexibility index (Phi) is 5.20. The predicted octanol–water partition coefficient (Wildman–Crippen LogP) is 2.10. The molecular formula is C8H10F3N3O2S2. The highest BCUT2D eigenvalue weighted by molar-refractivity contribution is 8.01. The summed E-state index contributed by atoms with van der Waals surface area (Å²) in [4.78, 5) is 11.4. The van der Waals surface area contributed by atoms with Gasteiger partial charge in [0, 0.05) is 6.54 Å². The van der Waals surface area contributed by atoms with Gasteiger partial charge in [-0.25, -0.2) is 0 Å². The molecule has 0 spiro atoms. The zero-order valence-corrected chi connectivity index (χ0v) is 10.9. The minimum atomic E-state index is -4.31. The third-order valence-corrected chi connectivity index (χ3v) is 3.84. The van der Waals surface area contributed by atoms with Gasteiger partial charge in [0.05, 0.1) is 5.75 Å². The van der Waals surface area contributed by atoms with Crippen molar-refractivity contribution in [3.05, 3.63) is 0 Å². The number of hydrogen-bond acceptors (Lipinski definition) is 6. The molecule has 1 heterocycles. The molecule has 0 aliphatic rings. The van der Waals surface area contributed by atoms with Crippen LogP contribution in [0.4, 0.5) is 18.3 Å². The average molecular weight is 301 g/mol. The Labute approximate surface area is 109 Å². The van der Waals surface area contributed by atoms with Gasteiger partial charge >= 0.3 is 12.1 Å². The molecule has 0 bridgehead atoms. The van der Waals surface area contributed by atoms with Gasteiger partial charge in [-0.2, -0.15) is 13.2 Å². The molecule has 0 atom stereocenters. The number of rotatable bonds is 6. The molecule has 10 heteroatoms. The van der Waals surface area contributed by atoms with Crippen molar-refractivity contribution < 1.29 is 23.1 Å². The molecule has 0 fully saturated rings. The zero-order chi connectivity index (χ0) is 13.8. The highest BCUT2D eigenvalue weighted by Crippen LogP contribution is 2.29. The number of aliphatic carboxylic acids is 1. The molecule has 5 nitrogen and oxygen atoms in total. The Balaban J connectivity index is 2.67. The summed E-state index contributed by atoms with van der Waals surface area (Å²) in [5.74, 6) is -1.21. The van der Waals surface area contributed by atoms with Crippen LogP contribution in [0.15, 0.2) is 4.34 Å². The Morgan fingerprint density at radius 1 is 1.50 bits per heavy atom. The van der Waals surface area contributed by atoms with Crippen LogP contribution in [-0.2, 0) is 4.79 Å². The highest BCUT2D eigenvalue weighted by atomic mass is 32.2. The molecule has 1 N–H and O–H groups in total. The first-order chi connectivity index (χ1) is 8.31. The molecular weight excluding hydrogens is 291 g/mol. The minimum absolute atomic E-state index is 0.141. The van der Waals surface area contributed by atoms with Crippen LogP contribution in [0.25, 0.3) is 0 Å². The molecule has 18 heavy (non-hydrogen) atoms. The lowest BCUT2D eigenvalue weighted by Gasteiger charge is -2.20. The van der Waals surface area contributed by atoms with Crippen LogP contribution < -0.4 is 4.90 Å². The number of nitrogens with zero attached hydrogens (tertiary/aromatic N) is 3. The lowest BCUT2D eigenvalue weighted by Crippen LogP contribution is -2.33. The van der Waals surface area contributed by atoms with E-state index in [-0.39, 0.29) is 17.4 Å². The van der Waals surface area contributed by atoms with Crippen molar-refractivity contribution in [3.63, 3.8) is 0 Å². The van der Waals surface area contributed by atoms with Crippen molar-refractivity contribution in [1.29, 1.82) is 0 Å². The van der Waals surface area contributed by atoms with Gasteiger partial charge in [0.2, 0.25) is 5.13 Å². The SMILES string of the molecule is CCN(CC(F)(F)F)c1nnc(SCC(=O)O)s1. The monoisotopic (exact) mass is 301 g/mol. The van der Waals surface area contributed by atoms with E-state index in [1.54, 1.807) is 6.92 Å². The maximum Gasteiger partial charge on any atom is 0.406 e. The summed E-state index contributed by atoms with van der Waals surface area (Å²) >= 11 is 1.88. The number of alkyl halides is 3. The fourth-order valence-electron chi connectivity index (χ4n) is 1.04. The van der Waals surface area contributed by atoms with Gasteiger partial charge in [0.1, 0.15) is 6.54 Å². The summed E-state index contributed by atoms with van der Waals surface area (Å²) in [6.45, 7) is 0.636. The van der Waals surface area contributed by atoms with Crippen molar-refractivity contribution >= 4 is 34.2 Å². The van der Waals surface area contributed by atoms with E-state index in [0.29, 0.717) is 4.34 Å². The first-order valence-electron chi connectivity index (χ1n) is 4.81. The molecule has 1 aromatic heterocycles. The number of carbonyl (C=O) groups is 1. The fourth-order valence-corrected chi connectivity index (χ4v) is 2.67. The van der Waals surface area contributed by atoms with E-state index in [0.717, 1.165) is 28.0 Å². The summed E-state index contributed by atoms with van der Waals surface area (Å²) in [5.41, 5.74) is 0. The second-order valence-corrected chi connectivity index (χ2v) is 5.34. The van der Waals surface area contributed by atoms with E-state index >= 15 is 0 Å². The summed E-state index contributed by atoms with van der Waals surface area (Å²) in [6, 6.07) is 0. The van der Waals surface area contributed by atoms with Crippen LogP contribution in [0.2, 0.25) is 0 Å². The van der Waals surface area contributed by atoms with Crippen molar-refractivity contribution in [2.24, 2.45) is 0 Å². The normalized spacial score (nSPS) is 11.6. The number of thioether (sulfide) groups is 1. The van der Waals surface area contributed by atoms with E-state index in [1.807, 2.05) is 0 Å². The number of aromatic nitrogens is 2. The molecule has 0 saturated heterocycles. The fraction of sp³-hybridized carbons (Fsp3) is 0.625. The molecule has 0 amide bonds. The largest absolute Gasteiger partial charge is 0.481 e. The van der Waals surface area contributed by atoms with E-state index < -0.39 is 18.7 Å². The Bertz CT molecular complexity index is 411. The average Bonchev–Trinajstić information content (AvgIpc) is 2.70. The topological polar surface area (TPSA) is 66.3 Å². The summed E-state index contributed by atoms with van der Waals surface area (Å²) in [7, 11) is 0. The second-order valence-electron chi connectivity index (χ2n) is 3.16. The molecule has 0 aromatic carbocycles. The number of anilines is 1. The van der Waals surface area contributed by atoms with E-state index in [2.05, 4.69) is 10.2 Å². The van der Waals surface area contributed by atoms with Gasteiger partial charge in [0.15, 0.2) is 4.34 Å².